The van der Waals surface area contributed by atoms with Gasteiger partial charge in [0.15, 0.2) is 0 Å². The van der Waals surface area contributed by atoms with Crippen LogP contribution >= 0.6 is 0 Å². The van der Waals surface area contributed by atoms with E-state index in [1.54, 1.807) is 17.0 Å². The van der Waals surface area contributed by atoms with Crippen molar-refractivity contribution in [3.8, 4) is 0 Å². The van der Waals surface area contributed by atoms with Gasteiger partial charge in [0.25, 0.3) is 5.91 Å². The molecule has 1 aliphatic heterocycles. The molecule has 0 aliphatic carbocycles. The number of piperidine rings is 1. The van der Waals surface area contributed by atoms with Crippen LogP contribution in [0.25, 0.3) is 0 Å². The van der Waals surface area contributed by atoms with E-state index in [2.05, 4.69) is 24.1 Å². The van der Waals surface area contributed by atoms with E-state index in [0.717, 1.165) is 26.1 Å². The highest BCUT2D eigenvalue weighted by atomic mass is 19.1. The van der Waals surface area contributed by atoms with Gasteiger partial charge in [-0.25, -0.2) is 4.39 Å². The van der Waals surface area contributed by atoms with E-state index < -0.39 is 5.82 Å². The molecule has 1 saturated heterocycles. The Bertz CT molecular complexity index is 596. The summed E-state index contributed by atoms with van der Waals surface area (Å²) in [5.41, 5.74) is 0.365. The first-order valence-corrected chi connectivity index (χ1v) is 9.60. The summed E-state index contributed by atoms with van der Waals surface area (Å²) in [6, 6.07) is 5.76. The Hall–Kier alpha value is -1.95. The van der Waals surface area contributed by atoms with Crippen LogP contribution in [-0.4, -0.2) is 60.9 Å². The van der Waals surface area contributed by atoms with Gasteiger partial charge in [-0.1, -0.05) is 19.9 Å². The van der Waals surface area contributed by atoms with E-state index in [4.69, 9.17) is 0 Å². The maximum atomic E-state index is 13.3. The van der Waals surface area contributed by atoms with E-state index in [-0.39, 0.29) is 17.7 Å². The molecule has 0 aromatic heterocycles. The summed E-state index contributed by atoms with van der Waals surface area (Å²) in [5, 5.41) is 3.02. The largest absolute Gasteiger partial charge is 0.356 e. The minimum atomic E-state index is -0.408. The van der Waals surface area contributed by atoms with E-state index >= 15 is 0 Å². The molecule has 1 aliphatic rings. The summed E-state index contributed by atoms with van der Waals surface area (Å²) >= 11 is 0. The van der Waals surface area contributed by atoms with Gasteiger partial charge in [-0.3, -0.25) is 9.59 Å². The number of rotatable bonds is 8. The molecule has 1 aromatic rings. The van der Waals surface area contributed by atoms with Crippen molar-refractivity contribution in [2.24, 2.45) is 5.92 Å². The summed E-state index contributed by atoms with van der Waals surface area (Å²) in [4.78, 5) is 28.8. The molecule has 144 valence electrons. The van der Waals surface area contributed by atoms with Crippen LogP contribution in [-0.2, 0) is 4.79 Å². The van der Waals surface area contributed by atoms with Gasteiger partial charge in [-0.05, 0) is 57.1 Å². The molecule has 1 aromatic carbocycles. The quantitative estimate of drug-likeness (QED) is 0.722. The summed E-state index contributed by atoms with van der Waals surface area (Å²) in [5.74, 6) is -0.528. The SMILES string of the molecule is CCN(CC)CCCNC(=O)C1CCN(C(=O)c2cccc(F)c2)CC1. The second-order valence-electron chi connectivity index (χ2n) is 6.75. The second-order valence-corrected chi connectivity index (χ2v) is 6.75. The van der Waals surface area contributed by atoms with Crippen LogP contribution in [0.3, 0.4) is 0 Å². The van der Waals surface area contributed by atoms with Gasteiger partial charge < -0.3 is 15.1 Å². The number of benzene rings is 1. The molecule has 6 heteroatoms. The van der Waals surface area contributed by atoms with Gasteiger partial charge in [-0.15, -0.1) is 0 Å². The fourth-order valence-electron chi connectivity index (χ4n) is 3.35. The Kier molecular flexibility index (Phi) is 8.04. The Morgan fingerprint density at radius 3 is 2.54 bits per heavy atom. The van der Waals surface area contributed by atoms with Crippen molar-refractivity contribution in [3.05, 3.63) is 35.6 Å². The first-order valence-electron chi connectivity index (χ1n) is 9.60. The lowest BCUT2D eigenvalue weighted by Crippen LogP contribution is -2.43. The van der Waals surface area contributed by atoms with E-state index in [9.17, 15) is 14.0 Å². The summed E-state index contributed by atoms with van der Waals surface area (Å²) in [6.07, 6.45) is 2.26. The monoisotopic (exact) mass is 363 g/mol. The van der Waals surface area contributed by atoms with Crippen molar-refractivity contribution in [1.29, 1.82) is 0 Å². The van der Waals surface area contributed by atoms with Gasteiger partial charge in [-0.2, -0.15) is 0 Å². The number of hydrogen-bond acceptors (Lipinski definition) is 3. The van der Waals surface area contributed by atoms with Crippen molar-refractivity contribution in [2.45, 2.75) is 33.1 Å². The number of halogens is 1. The van der Waals surface area contributed by atoms with Crippen LogP contribution in [0.2, 0.25) is 0 Å². The van der Waals surface area contributed by atoms with Gasteiger partial charge in [0.1, 0.15) is 5.82 Å². The highest BCUT2D eigenvalue weighted by molar-refractivity contribution is 5.94. The molecule has 0 radical (unpaired) electrons. The van der Waals surface area contributed by atoms with Crippen LogP contribution in [0.15, 0.2) is 24.3 Å². The molecule has 0 unspecified atom stereocenters. The first kappa shape index (κ1) is 20.4. The number of amides is 2. The number of nitrogens with zero attached hydrogens (tertiary/aromatic N) is 2. The third-order valence-corrected chi connectivity index (χ3v) is 5.07. The zero-order valence-corrected chi connectivity index (χ0v) is 15.8. The number of carbonyl (C=O) groups excluding carboxylic acids is 2. The standard InChI is InChI=1S/C20H30FN3O2/c1-3-23(4-2)12-6-11-22-19(25)16-9-13-24(14-10-16)20(26)17-7-5-8-18(21)15-17/h5,7-8,15-16H,3-4,6,9-14H2,1-2H3,(H,22,25). The van der Waals surface area contributed by atoms with Crippen LogP contribution in [0, 0.1) is 11.7 Å². The van der Waals surface area contributed by atoms with Gasteiger partial charge in [0.2, 0.25) is 5.91 Å². The number of likely N-dealkylation sites (tertiary alicyclic amines) is 1. The Morgan fingerprint density at radius 2 is 1.92 bits per heavy atom. The third kappa shape index (κ3) is 5.80. The molecule has 1 N–H and O–H groups in total. The molecule has 0 saturated carbocycles. The molecule has 0 atom stereocenters. The Balaban J connectivity index is 1.72. The van der Waals surface area contributed by atoms with Gasteiger partial charge >= 0.3 is 0 Å². The molecule has 5 nitrogen and oxygen atoms in total. The number of hydrogen-bond donors (Lipinski definition) is 1. The van der Waals surface area contributed by atoms with Crippen LogP contribution in [0.1, 0.15) is 43.5 Å². The normalized spacial score (nSPS) is 15.3. The molecular formula is C20H30FN3O2. The fraction of sp³-hybridized carbons (Fsp3) is 0.600. The van der Waals surface area contributed by atoms with Crippen molar-refractivity contribution in [3.63, 3.8) is 0 Å². The average molecular weight is 363 g/mol. The predicted octanol–water partition coefficient (Wildman–Crippen LogP) is 2.53. The highest BCUT2D eigenvalue weighted by Gasteiger charge is 2.27. The molecule has 2 amide bonds. The summed E-state index contributed by atoms with van der Waals surface area (Å²) in [6.45, 7) is 9.10. The molecule has 1 fully saturated rings. The molecule has 26 heavy (non-hydrogen) atoms. The average Bonchev–Trinajstić information content (AvgIpc) is 2.67. The smallest absolute Gasteiger partial charge is 0.253 e. The van der Waals surface area contributed by atoms with E-state index in [1.165, 1.54) is 12.1 Å². The van der Waals surface area contributed by atoms with Crippen LogP contribution < -0.4 is 5.32 Å². The van der Waals surface area contributed by atoms with Gasteiger partial charge in [0, 0.05) is 31.1 Å². The van der Waals surface area contributed by atoms with E-state index in [0.29, 0.717) is 38.0 Å². The fourth-order valence-corrected chi connectivity index (χ4v) is 3.35. The maximum absolute atomic E-state index is 13.3. The van der Waals surface area contributed by atoms with Crippen LogP contribution in [0.4, 0.5) is 4.39 Å². The number of carbonyl (C=O) groups is 2. The van der Waals surface area contributed by atoms with E-state index in [1.807, 2.05) is 0 Å². The van der Waals surface area contributed by atoms with Crippen molar-refractivity contribution >= 4 is 11.8 Å². The minimum Gasteiger partial charge on any atom is -0.356 e. The molecule has 0 bridgehead atoms. The lowest BCUT2D eigenvalue weighted by Gasteiger charge is -2.31. The molecule has 2 rings (SSSR count). The molecular weight excluding hydrogens is 333 g/mol. The third-order valence-electron chi connectivity index (χ3n) is 5.07. The summed E-state index contributed by atoms with van der Waals surface area (Å²) < 4.78 is 13.3. The van der Waals surface area contributed by atoms with Crippen molar-refractivity contribution in [1.82, 2.24) is 15.1 Å². The first-order chi connectivity index (χ1) is 12.5. The topological polar surface area (TPSA) is 52.7 Å². The Labute approximate surface area is 155 Å². The highest BCUT2D eigenvalue weighted by Crippen LogP contribution is 2.19. The maximum Gasteiger partial charge on any atom is 0.253 e. The lowest BCUT2D eigenvalue weighted by atomic mass is 9.95. The molecule has 0 spiro atoms. The zero-order valence-electron chi connectivity index (χ0n) is 15.8. The lowest BCUT2D eigenvalue weighted by molar-refractivity contribution is -0.126. The van der Waals surface area contributed by atoms with Crippen molar-refractivity contribution < 1.29 is 14.0 Å². The van der Waals surface area contributed by atoms with Crippen molar-refractivity contribution in [2.75, 3.05) is 39.3 Å². The Morgan fingerprint density at radius 1 is 1.23 bits per heavy atom. The molecule has 1 heterocycles. The van der Waals surface area contributed by atoms with Crippen LogP contribution in [0.5, 0.6) is 0 Å². The second kappa shape index (κ2) is 10.3. The minimum absolute atomic E-state index is 0.0417. The van der Waals surface area contributed by atoms with Gasteiger partial charge in [0.05, 0.1) is 0 Å². The number of nitrogens with one attached hydrogen (secondary N) is 1. The summed E-state index contributed by atoms with van der Waals surface area (Å²) in [7, 11) is 0. The zero-order chi connectivity index (χ0) is 18.9. The predicted molar refractivity (Wildman–Crippen MR) is 100 cm³/mol.